The Kier molecular flexibility index (Phi) is 5.69. The molecule has 3 aliphatic rings. The first kappa shape index (κ1) is 23.8. The normalized spacial score (nSPS) is 29.4. The Labute approximate surface area is 209 Å². The Morgan fingerprint density at radius 3 is 2.14 bits per heavy atom. The molecule has 0 spiro atoms. The van der Waals surface area contributed by atoms with Gasteiger partial charge in [-0.05, 0) is 72.6 Å². The molecule has 3 aliphatic carbocycles. The molecule has 2 aromatic rings. The molecule has 0 unspecified atom stereocenters. The predicted octanol–water partition coefficient (Wildman–Crippen LogP) is 7.85. The van der Waals surface area contributed by atoms with Gasteiger partial charge in [-0.15, -0.1) is 0 Å². The number of rotatable bonds is 3. The topological polar surface area (TPSA) is 50.7 Å². The van der Waals surface area contributed by atoms with Crippen LogP contribution < -0.4 is 5.32 Å². The largest absolute Gasteiger partial charge is 0.453 e. The Bertz CT molecular complexity index is 1180. The molecule has 5 rings (SSSR count). The molecular weight excluding hydrogens is 432 g/mol. The van der Waals surface area contributed by atoms with Crippen molar-refractivity contribution in [3.8, 4) is 0 Å². The summed E-state index contributed by atoms with van der Waals surface area (Å²) in [6.45, 7) is 11.5. The molecule has 1 saturated carbocycles. The van der Waals surface area contributed by atoms with Gasteiger partial charge in [0.25, 0.3) is 6.02 Å². The van der Waals surface area contributed by atoms with Crippen molar-refractivity contribution in [3.05, 3.63) is 71.8 Å². The number of aliphatic imine (C=N–C) groups is 1. The summed E-state index contributed by atoms with van der Waals surface area (Å²) in [6.07, 6.45) is 5.32. The molecule has 0 heterocycles. The van der Waals surface area contributed by atoms with E-state index in [1.807, 2.05) is 60.7 Å². The van der Waals surface area contributed by atoms with E-state index in [1.54, 1.807) is 0 Å². The summed E-state index contributed by atoms with van der Waals surface area (Å²) in [4.78, 5) is 18.7. The Hall–Kier alpha value is -2.88. The number of ether oxygens (including phenoxy) is 1. The van der Waals surface area contributed by atoms with E-state index in [2.05, 4.69) is 39.9 Å². The number of fused-ring (bicyclic) bond motifs is 3. The molecular formula is C31H38N2O2. The summed E-state index contributed by atoms with van der Waals surface area (Å²) in [6, 6.07) is 20.3. The van der Waals surface area contributed by atoms with E-state index in [-0.39, 0.29) is 22.0 Å². The summed E-state index contributed by atoms with van der Waals surface area (Å²) < 4.78 is 7.03. The summed E-state index contributed by atoms with van der Waals surface area (Å²) >= 11 is 0. The number of amidine groups is 1. The lowest BCUT2D eigenvalue weighted by Gasteiger charge is -2.58. The fraction of sp³-hybridized carbons (Fsp3) is 0.484. The van der Waals surface area contributed by atoms with Crippen LogP contribution in [0, 0.1) is 16.2 Å². The quantitative estimate of drug-likeness (QED) is 0.367. The highest BCUT2D eigenvalue weighted by molar-refractivity contribution is 6.01. The molecule has 0 aromatic heterocycles. The lowest BCUT2D eigenvalue weighted by atomic mass is 9.49. The van der Waals surface area contributed by atoms with E-state index in [4.69, 9.17) is 9.73 Å². The molecule has 0 aliphatic heterocycles. The number of Topliss-reactive ketones (excluding diaryl/α,β-unsaturated/α-hetero) is 1. The Morgan fingerprint density at radius 2 is 1.46 bits per heavy atom. The lowest BCUT2D eigenvalue weighted by Crippen LogP contribution is -2.57. The van der Waals surface area contributed by atoms with Gasteiger partial charge in [-0.2, -0.15) is 4.99 Å². The number of benzene rings is 2. The monoisotopic (exact) mass is 470 g/mol. The molecule has 0 amide bonds. The van der Waals surface area contributed by atoms with Crippen LogP contribution in [0.2, 0.25) is 0 Å². The average molecular weight is 471 g/mol. The number of hydrogen-bond donors (Lipinski definition) is 1. The molecule has 35 heavy (non-hydrogen) atoms. The van der Waals surface area contributed by atoms with Crippen molar-refractivity contribution in [2.24, 2.45) is 21.2 Å². The van der Waals surface area contributed by atoms with Crippen molar-refractivity contribution in [1.29, 1.82) is 0 Å². The van der Waals surface area contributed by atoms with Gasteiger partial charge in [0.2, 0.25) is 0 Å². The van der Waals surface area contributed by atoms with Crippen LogP contribution in [-0.4, -0.2) is 17.4 Å². The van der Waals surface area contributed by atoms with E-state index in [1.165, 1.54) is 5.57 Å². The Balaban J connectivity index is 1.63. The summed E-state index contributed by atoms with van der Waals surface area (Å²) in [5.41, 5.74) is 3.47. The molecule has 2 bridgehead atoms. The minimum Gasteiger partial charge on any atom is -0.453 e. The fourth-order valence-electron chi connectivity index (χ4n) is 7.45. The summed E-state index contributed by atoms with van der Waals surface area (Å²) in [5, 5.41) is 3.43. The van der Waals surface area contributed by atoms with Crippen LogP contribution in [0.25, 0.3) is 0 Å². The molecule has 1 fully saturated rings. The van der Waals surface area contributed by atoms with Gasteiger partial charge in [-0.3, -0.25) is 4.79 Å². The molecule has 0 radical (unpaired) electrons. The number of anilines is 1. The minimum absolute atomic E-state index is 0.00211. The number of nitrogens with one attached hydrogen (secondary N) is 1. The van der Waals surface area contributed by atoms with Crippen LogP contribution in [0.15, 0.2) is 76.8 Å². The minimum atomic E-state index is -0.674. The number of hydrogen-bond acceptors (Lipinski definition) is 3. The maximum absolute atomic E-state index is 13.8. The highest BCUT2D eigenvalue weighted by Gasteiger charge is 2.59. The number of para-hydroxylation sites is 2. The third-order valence-corrected chi connectivity index (χ3v) is 7.74. The fourth-order valence-corrected chi connectivity index (χ4v) is 7.45. The standard InChI is InChI=1S/C31H38N2O2/c1-28(2)16-22-17-30(5)19-29(3,4)20-31(21-30,26(22)25(34)18-28)35-27(32-23-12-8-6-9-13-23)33-24-14-10-7-11-15-24/h6-15H,16-21H2,1-5H3,(H,32,33)/t30-,31+/m0/s1. The molecule has 0 saturated heterocycles. The zero-order valence-electron chi connectivity index (χ0n) is 21.8. The smallest absolute Gasteiger partial charge is 0.295 e. The number of ketones is 1. The number of carbonyl (C=O) groups excluding carboxylic acids is 1. The van der Waals surface area contributed by atoms with E-state index >= 15 is 0 Å². The molecule has 4 nitrogen and oxygen atoms in total. The number of allylic oxidation sites excluding steroid dienone is 1. The maximum Gasteiger partial charge on any atom is 0.295 e. The second kappa shape index (κ2) is 8.36. The van der Waals surface area contributed by atoms with Crippen LogP contribution in [0.1, 0.15) is 73.1 Å². The van der Waals surface area contributed by atoms with Gasteiger partial charge < -0.3 is 10.1 Å². The van der Waals surface area contributed by atoms with Gasteiger partial charge in [-0.25, -0.2) is 0 Å². The third kappa shape index (κ3) is 4.94. The second-order valence-electron chi connectivity index (χ2n) is 12.9. The first-order chi connectivity index (χ1) is 16.5. The van der Waals surface area contributed by atoms with Gasteiger partial charge in [0.15, 0.2) is 5.78 Å². The lowest BCUT2D eigenvalue weighted by molar-refractivity contribution is -0.126. The van der Waals surface area contributed by atoms with Crippen LogP contribution >= 0.6 is 0 Å². The van der Waals surface area contributed by atoms with Crippen LogP contribution in [-0.2, 0) is 9.53 Å². The van der Waals surface area contributed by atoms with E-state index < -0.39 is 5.60 Å². The average Bonchev–Trinajstić information content (AvgIpc) is 2.71. The van der Waals surface area contributed by atoms with Gasteiger partial charge in [0.05, 0.1) is 5.69 Å². The first-order valence-electron chi connectivity index (χ1n) is 12.9. The van der Waals surface area contributed by atoms with Crippen molar-refractivity contribution in [2.45, 2.75) is 78.7 Å². The van der Waals surface area contributed by atoms with Crippen molar-refractivity contribution in [2.75, 3.05) is 5.32 Å². The van der Waals surface area contributed by atoms with Gasteiger partial charge in [-0.1, -0.05) is 76.6 Å². The molecule has 2 atom stereocenters. The van der Waals surface area contributed by atoms with Gasteiger partial charge in [0, 0.05) is 17.7 Å². The zero-order chi connectivity index (χ0) is 24.9. The van der Waals surface area contributed by atoms with E-state index in [9.17, 15) is 4.79 Å². The maximum atomic E-state index is 13.8. The van der Waals surface area contributed by atoms with Gasteiger partial charge in [0.1, 0.15) is 5.60 Å². The Morgan fingerprint density at radius 1 is 0.800 bits per heavy atom. The molecule has 2 aromatic carbocycles. The highest BCUT2D eigenvalue weighted by atomic mass is 16.5. The van der Waals surface area contributed by atoms with Crippen LogP contribution in [0.3, 0.4) is 0 Å². The van der Waals surface area contributed by atoms with Crippen LogP contribution in [0.5, 0.6) is 0 Å². The second-order valence-corrected chi connectivity index (χ2v) is 12.9. The summed E-state index contributed by atoms with van der Waals surface area (Å²) in [7, 11) is 0. The molecule has 184 valence electrons. The van der Waals surface area contributed by atoms with E-state index in [0.717, 1.165) is 49.1 Å². The van der Waals surface area contributed by atoms with E-state index in [0.29, 0.717) is 12.4 Å². The van der Waals surface area contributed by atoms with Crippen molar-refractivity contribution >= 4 is 23.2 Å². The van der Waals surface area contributed by atoms with Crippen LogP contribution in [0.4, 0.5) is 11.4 Å². The van der Waals surface area contributed by atoms with Crippen molar-refractivity contribution in [3.63, 3.8) is 0 Å². The number of carbonyl (C=O) groups is 1. The molecule has 4 heteroatoms. The predicted molar refractivity (Wildman–Crippen MR) is 143 cm³/mol. The SMILES string of the molecule is CC1(C)CC(=O)C2=C(C1)C[C@@]1(C)CC(C)(C)C[C@@]2(OC(=Nc2ccccc2)Nc2ccccc2)C1. The third-order valence-electron chi connectivity index (χ3n) is 7.74. The summed E-state index contributed by atoms with van der Waals surface area (Å²) in [5.74, 6) is 0.259. The highest BCUT2D eigenvalue weighted by Crippen LogP contribution is 2.62. The molecule has 1 N–H and O–H groups in total. The zero-order valence-corrected chi connectivity index (χ0v) is 21.8. The van der Waals surface area contributed by atoms with Crippen molar-refractivity contribution in [1.82, 2.24) is 0 Å². The van der Waals surface area contributed by atoms with Gasteiger partial charge >= 0.3 is 0 Å². The van der Waals surface area contributed by atoms with Crippen molar-refractivity contribution < 1.29 is 9.53 Å². The first-order valence-corrected chi connectivity index (χ1v) is 12.9. The number of nitrogens with zero attached hydrogens (tertiary/aromatic N) is 1.